The molecule has 58 valence electrons. The molecule has 0 bridgehead atoms. The van der Waals surface area contributed by atoms with Crippen LogP contribution in [-0.2, 0) is 4.74 Å². The summed E-state index contributed by atoms with van der Waals surface area (Å²) in [7, 11) is 0. The van der Waals surface area contributed by atoms with Crippen LogP contribution in [0.25, 0.3) is 0 Å². The van der Waals surface area contributed by atoms with Crippen LogP contribution in [0.1, 0.15) is 11.7 Å². The molecule has 0 amide bonds. The maximum absolute atomic E-state index is 5.82. The van der Waals surface area contributed by atoms with Crippen molar-refractivity contribution in [1.29, 1.82) is 0 Å². The highest BCUT2D eigenvalue weighted by atomic mass is 79.9. The molecule has 0 aromatic carbocycles. The third kappa shape index (κ3) is 1.55. The molecule has 0 aliphatic carbocycles. The molecule has 2 rings (SSSR count). The molecule has 1 aliphatic heterocycles. The predicted octanol–water partition coefficient (Wildman–Crippen LogP) is 2.57. The molecule has 4 heteroatoms. The van der Waals surface area contributed by atoms with Gasteiger partial charge in [0.1, 0.15) is 11.3 Å². The highest BCUT2D eigenvalue weighted by Crippen LogP contribution is 2.34. The summed E-state index contributed by atoms with van der Waals surface area (Å²) in [5.74, 6) is 0. The maximum atomic E-state index is 5.82. The van der Waals surface area contributed by atoms with Crippen LogP contribution in [0.15, 0.2) is 16.7 Å². The minimum Gasteiger partial charge on any atom is -0.368 e. The number of nitrogens with zero attached hydrogens (tertiary/aromatic N) is 1. The van der Waals surface area contributed by atoms with Crippen molar-refractivity contribution < 1.29 is 4.74 Å². The predicted molar refractivity (Wildman–Crippen MR) is 45.6 cm³/mol. The zero-order valence-electron chi connectivity index (χ0n) is 5.55. The lowest BCUT2D eigenvalue weighted by Gasteiger charge is -1.98. The highest BCUT2D eigenvalue weighted by molar-refractivity contribution is 9.10. The summed E-state index contributed by atoms with van der Waals surface area (Å²) < 4.78 is 6.02. The zero-order valence-corrected chi connectivity index (χ0v) is 7.89. The van der Waals surface area contributed by atoms with Crippen molar-refractivity contribution >= 4 is 27.5 Å². The second-order valence-electron chi connectivity index (χ2n) is 2.36. The maximum Gasteiger partial charge on any atom is 0.134 e. The van der Waals surface area contributed by atoms with Gasteiger partial charge in [0, 0.05) is 16.2 Å². The van der Waals surface area contributed by atoms with E-state index in [-0.39, 0.29) is 6.10 Å². The number of halogens is 2. The first-order chi connectivity index (χ1) is 5.27. The summed E-state index contributed by atoms with van der Waals surface area (Å²) in [6, 6.07) is 1.94. The van der Waals surface area contributed by atoms with Crippen LogP contribution in [0.5, 0.6) is 0 Å². The fourth-order valence-electron chi connectivity index (χ4n) is 0.892. The summed E-state index contributed by atoms with van der Waals surface area (Å²) in [5, 5.41) is 0.538. The van der Waals surface area contributed by atoms with Crippen molar-refractivity contribution in [2.24, 2.45) is 0 Å². The summed E-state index contributed by atoms with van der Waals surface area (Å²) in [6.07, 6.45) is 1.85. The number of epoxide rings is 1. The van der Waals surface area contributed by atoms with E-state index in [9.17, 15) is 0 Å². The Morgan fingerprint density at radius 1 is 1.73 bits per heavy atom. The number of rotatable bonds is 1. The average Bonchev–Trinajstić information content (AvgIpc) is 2.76. The van der Waals surface area contributed by atoms with E-state index in [4.69, 9.17) is 16.3 Å². The van der Waals surface area contributed by atoms with Crippen LogP contribution in [0.3, 0.4) is 0 Å². The summed E-state index contributed by atoms with van der Waals surface area (Å²) in [4.78, 5) is 3.98. The third-order valence-electron chi connectivity index (χ3n) is 1.51. The second-order valence-corrected chi connectivity index (χ2v) is 3.63. The molecule has 1 aromatic heterocycles. The van der Waals surface area contributed by atoms with E-state index in [0.717, 1.165) is 16.6 Å². The first-order valence-corrected chi connectivity index (χ1v) is 4.37. The lowest BCUT2D eigenvalue weighted by Crippen LogP contribution is -1.85. The molecule has 0 unspecified atom stereocenters. The van der Waals surface area contributed by atoms with Gasteiger partial charge >= 0.3 is 0 Å². The van der Waals surface area contributed by atoms with Gasteiger partial charge in [-0.25, -0.2) is 4.98 Å². The molecule has 0 spiro atoms. The van der Waals surface area contributed by atoms with E-state index in [2.05, 4.69) is 20.9 Å². The normalized spacial score (nSPS) is 21.8. The van der Waals surface area contributed by atoms with Gasteiger partial charge in [-0.15, -0.1) is 0 Å². The molecule has 0 radical (unpaired) electrons. The molecule has 1 atom stereocenters. The molecule has 0 N–H and O–H groups in total. The molecule has 1 saturated heterocycles. The Balaban J connectivity index is 2.42. The van der Waals surface area contributed by atoms with Crippen LogP contribution in [-0.4, -0.2) is 11.6 Å². The quantitative estimate of drug-likeness (QED) is 0.551. The lowest BCUT2D eigenvalue weighted by molar-refractivity contribution is 0.415. The minimum atomic E-state index is 0.174. The molecule has 1 aliphatic rings. The van der Waals surface area contributed by atoms with E-state index >= 15 is 0 Å². The summed E-state index contributed by atoms with van der Waals surface area (Å²) in [5.41, 5.74) is 0.973. The van der Waals surface area contributed by atoms with E-state index in [1.54, 1.807) is 6.20 Å². The molecular weight excluding hydrogens is 229 g/mol. The van der Waals surface area contributed by atoms with Gasteiger partial charge in [-0.05, 0) is 22.0 Å². The van der Waals surface area contributed by atoms with E-state index in [1.165, 1.54) is 0 Å². The van der Waals surface area contributed by atoms with E-state index in [0.29, 0.717) is 5.15 Å². The van der Waals surface area contributed by atoms with Crippen LogP contribution in [0.4, 0.5) is 0 Å². The molecule has 1 aromatic rings. The van der Waals surface area contributed by atoms with Gasteiger partial charge in [-0.2, -0.15) is 0 Å². The lowest BCUT2D eigenvalue weighted by atomic mass is 10.2. The number of ether oxygens (including phenoxy) is 1. The fourth-order valence-corrected chi connectivity index (χ4v) is 1.47. The number of hydrogen-bond acceptors (Lipinski definition) is 2. The second kappa shape index (κ2) is 2.73. The minimum absolute atomic E-state index is 0.174. The molecule has 1 fully saturated rings. The third-order valence-corrected chi connectivity index (χ3v) is 2.26. The van der Waals surface area contributed by atoms with Gasteiger partial charge in [0.25, 0.3) is 0 Å². The molecular formula is C7H5BrClNO. The van der Waals surface area contributed by atoms with Gasteiger partial charge in [-0.3, -0.25) is 0 Å². The zero-order chi connectivity index (χ0) is 7.84. The monoisotopic (exact) mass is 233 g/mol. The Morgan fingerprint density at radius 3 is 3.09 bits per heavy atom. The molecule has 2 nitrogen and oxygen atoms in total. The van der Waals surface area contributed by atoms with Crippen molar-refractivity contribution in [3.05, 3.63) is 27.5 Å². The van der Waals surface area contributed by atoms with E-state index < -0.39 is 0 Å². The van der Waals surface area contributed by atoms with Crippen LogP contribution in [0, 0.1) is 0 Å². The van der Waals surface area contributed by atoms with Gasteiger partial charge in [-0.1, -0.05) is 11.6 Å². The Kier molecular flexibility index (Phi) is 1.87. The Morgan fingerprint density at radius 2 is 2.45 bits per heavy atom. The number of hydrogen-bond donors (Lipinski definition) is 0. The topological polar surface area (TPSA) is 25.4 Å². The van der Waals surface area contributed by atoms with Crippen LogP contribution in [0.2, 0.25) is 5.15 Å². The van der Waals surface area contributed by atoms with Crippen molar-refractivity contribution in [2.45, 2.75) is 6.10 Å². The Bertz CT molecular complexity index is 288. The fraction of sp³-hybridized carbons (Fsp3) is 0.286. The van der Waals surface area contributed by atoms with Crippen molar-refractivity contribution in [1.82, 2.24) is 4.98 Å². The van der Waals surface area contributed by atoms with Crippen molar-refractivity contribution in [3.8, 4) is 0 Å². The summed E-state index contributed by atoms with van der Waals surface area (Å²) in [6.45, 7) is 0.762. The van der Waals surface area contributed by atoms with Gasteiger partial charge in [0.2, 0.25) is 0 Å². The van der Waals surface area contributed by atoms with Crippen LogP contribution < -0.4 is 0 Å². The van der Waals surface area contributed by atoms with Gasteiger partial charge in [0.15, 0.2) is 0 Å². The number of aromatic nitrogens is 1. The Labute approximate surface area is 77.7 Å². The number of pyridine rings is 1. The molecule has 0 saturated carbocycles. The van der Waals surface area contributed by atoms with Crippen molar-refractivity contribution in [3.63, 3.8) is 0 Å². The molecule has 2 heterocycles. The first kappa shape index (κ1) is 7.53. The highest BCUT2D eigenvalue weighted by Gasteiger charge is 2.27. The van der Waals surface area contributed by atoms with Crippen molar-refractivity contribution in [2.75, 3.05) is 6.61 Å². The first-order valence-electron chi connectivity index (χ1n) is 3.20. The van der Waals surface area contributed by atoms with Gasteiger partial charge < -0.3 is 4.74 Å². The Hall–Kier alpha value is -0.120. The standard InChI is InChI=1S/C7H5BrClNO/c8-4-1-5(6-3-11-6)7(9)10-2-4/h1-2,6H,3H2/t6-/m1/s1. The van der Waals surface area contributed by atoms with E-state index in [1.807, 2.05) is 6.07 Å². The smallest absolute Gasteiger partial charge is 0.134 e. The SMILES string of the molecule is Clc1ncc(Br)cc1[C@H]1CO1. The average molecular weight is 234 g/mol. The largest absolute Gasteiger partial charge is 0.368 e. The van der Waals surface area contributed by atoms with Gasteiger partial charge in [0.05, 0.1) is 6.61 Å². The summed E-state index contributed by atoms with van der Waals surface area (Å²) >= 11 is 9.13. The molecule has 11 heavy (non-hydrogen) atoms. The van der Waals surface area contributed by atoms with Crippen LogP contribution >= 0.6 is 27.5 Å².